The van der Waals surface area contributed by atoms with Crippen molar-refractivity contribution < 1.29 is 4.39 Å². The van der Waals surface area contributed by atoms with Crippen LogP contribution in [0.25, 0.3) is 0 Å². The molecule has 0 radical (unpaired) electrons. The number of rotatable bonds is 4. The SMILES string of the molecule is NCCC1CCCN(Cc2cc(F)ccc2Br)C1. The minimum absolute atomic E-state index is 0.163. The molecule has 1 aliphatic rings. The lowest BCUT2D eigenvalue weighted by Gasteiger charge is -2.32. The summed E-state index contributed by atoms with van der Waals surface area (Å²) in [5.41, 5.74) is 6.66. The summed E-state index contributed by atoms with van der Waals surface area (Å²) in [7, 11) is 0. The highest BCUT2D eigenvalue weighted by molar-refractivity contribution is 9.10. The highest BCUT2D eigenvalue weighted by atomic mass is 79.9. The van der Waals surface area contributed by atoms with Crippen LogP contribution in [0.4, 0.5) is 4.39 Å². The number of halogens is 2. The molecule has 18 heavy (non-hydrogen) atoms. The third-order valence-corrected chi connectivity index (χ3v) is 4.35. The molecule has 1 heterocycles. The Kier molecular flexibility index (Phi) is 5.15. The van der Waals surface area contributed by atoms with E-state index < -0.39 is 0 Å². The van der Waals surface area contributed by atoms with E-state index in [1.807, 2.05) is 0 Å². The lowest BCUT2D eigenvalue weighted by Crippen LogP contribution is -2.35. The van der Waals surface area contributed by atoms with Gasteiger partial charge in [-0.3, -0.25) is 4.90 Å². The van der Waals surface area contributed by atoms with Crippen LogP contribution in [0.5, 0.6) is 0 Å². The highest BCUT2D eigenvalue weighted by Crippen LogP contribution is 2.24. The van der Waals surface area contributed by atoms with E-state index in [2.05, 4.69) is 20.8 Å². The predicted molar refractivity (Wildman–Crippen MR) is 75.8 cm³/mol. The monoisotopic (exact) mass is 314 g/mol. The van der Waals surface area contributed by atoms with E-state index in [9.17, 15) is 4.39 Å². The zero-order valence-electron chi connectivity index (χ0n) is 10.5. The number of nitrogens with zero attached hydrogens (tertiary/aromatic N) is 1. The second-order valence-corrected chi connectivity index (χ2v) is 5.91. The lowest BCUT2D eigenvalue weighted by atomic mass is 9.94. The van der Waals surface area contributed by atoms with Crippen molar-refractivity contribution in [1.29, 1.82) is 0 Å². The molecule has 2 N–H and O–H groups in total. The van der Waals surface area contributed by atoms with Gasteiger partial charge in [-0.25, -0.2) is 4.39 Å². The van der Waals surface area contributed by atoms with Gasteiger partial charge >= 0.3 is 0 Å². The molecule has 0 aliphatic carbocycles. The number of hydrogen-bond donors (Lipinski definition) is 1. The molecule has 0 aromatic heterocycles. The molecule has 1 fully saturated rings. The van der Waals surface area contributed by atoms with Gasteiger partial charge in [-0.1, -0.05) is 15.9 Å². The molecular weight excluding hydrogens is 295 g/mol. The van der Waals surface area contributed by atoms with Gasteiger partial charge in [-0.2, -0.15) is 0 Å². The third-order valence-electron chi connectivity index (χ3n) is 3.58. The summed E-state index contributed by atoms with van der Waals surface area (Å²) in [6.07, 6.45) is 3.59. The molecule has 1 saturated heterocycles. The van der Waals surface area contributed by atoms with Crippen LogP contribution < -0.4 is 5.73 Å². The van der Waals surface area contributed by atoms with Gasteiger partial charge in [0.05, 0.1) is 0 Å². The fraction of sp³-hybridized carbons (Fsp3) is 0.571. The van der Waals surface area contributed by atoms with Crippen LogP contribution in [0, 0.1) is 11.7 Å². The van der Waals surface area contributed by atoms with Crippen molar-refractivity contribution in [2.45, 2.75) is 25.8 Å². The Morgan fingerprint density at radius 3 is 3.06 bits per heavy atom. The fourth-order valence-corrected chi connectivity index (χ4v) is 3.04. The maximum atomic E-state index is 13.2. The Morgan fingerprint density at radius 2 is 2.28 bits per heavy atom. The largest absolute Gasteiger partial charge is 0.330 e. The second kappa shape index (κ2) is 6.64. The van der Waals surface area contributed by atoms with E-state index in [0.717, 1.165) is 42.6 Å². The summed E-state index contributed by atoms with van der Waals surface area (Å²) in [6.45, 7) is 3.77. The van der Waals surface area contributed by atoms with Crippen molar-refractivity contribution in [3.63, 3.8) is 0 Å². The van der Waals surface area contributed by atoms with Crippen LogP contribution in [0.15, 0.2) is 22.7 Å². The molecule has 1 aliphatic heterocycles. The summed E-state index contributed by atoms with van der Waals surface area (Å²) >= 11 is 3.49. The van der Waals surface area contributed by atoms with Gasteiger partial charge in [-0.05, 0) is 62.0 Å². The summed E-state index contributed by atoms with van der Waals surface area (Å²) in [4.78, 5) is 2.41. The topological polar surface area (TPSA) is 29.3 Å². The van der Waals surface area contributed by atoms with Gasteiger partial charge < -0.3 is 5.73 Å². The quantitative estimate of drug-likeness (QED) is 0.925. The molecular formula is C14H20BrFN2. The van der Waals surface area contributed by atoms with Gasteiger partial charge in [0.15, 0.2) is 0 Å². The Morgan fingerprint density at radius 1 is 1.44 bits per heavy atom. The molecule has 1 aromatic carbocycles. The molecule has 0 spiro atoms. The van der Waals surface area contributed by atoms with E-state index in [1.54, 1.807) is 12.1 Å². The maximum Gasteiger partial charge on any atom is 0.123 e. The molecule has 1 aromatic rings. The standard InChI is InChI=1S/C14H20BrFN2/c15-14-4-3-13(16)8-12(14)10-18-7-1-2-11(9-18)5-6-17/h3-4,8,11H,1-2,5-7,9-10,17H2. The minimum atomic E-state index is -0.163. The molecule has 2 nitrogen and oxygen atoms in total. The smallest absolute Gasteiger partial charge is 0.123 e. The van der Waals surface area contributed by atoms with Crippen LogP contribution >= 0.6 is 15.9 Å². The maximum absolute atomic E-state index is 13.2. The molecule has 100 valence electrons. The zero-order chi connectivity index (χ0) is 13.0. The average molecular weight is 315 g/mol. The first kappa shape index (κ1) is 14.0. The summed E-state index contributed by atoms with van der Waals surface area (Å²) < 4.78 is 14.2. The Bertz CT molecular complexity index is 395. The molecule has 2 rings (SSSR count). The zero-order valence-corrected chi connectivity index (χ0v) is 12.1. The predicted octanol–water partition coefficient (Wildman–Crippen LogP) is 3.15. The summed E-state index contributed by atoms with van der Waals surface area (Å²) in [5.74, 6) is 0.541. The van der Waals surface area contributed by atoms with E-state index >= 15 is 0 Å². The van der Waals surface area contributed by atoms with Gasteiger partial charge in [0.1, 0.15) is 5.82 Å². The van der Waals surface area contributed by atoms with Gasteiger partial charge in [0, 0.05) is 17.6 Å². The number of likely N-dealkylation sites (tertiary alicyclic amines) is 1. The van der Waals surface area contributed by atoms with E-state index in [-0.39, 0.29) is 5.82 Å². The molecule has 4 heteroatoms. The van der Waals surface area contributed by atoms with Crippen molar-refractivity contribution in [3.8, 4) is 0 Å². The van der Waals surface area contributed by atoms with E-state index in [4.69, 9.17) is 5.73 Å². The Hall–Kier alpha value is -0.450. The van der Waals surface area contributed by atoms with Gasteiger partial charge in [-0.15, -0.1) is 0 Å². The average Bonchev–Trinajstić information content (AvgIpc) is 2.35. The summed E-state index contributed by atoms with van der Waals surface area (Å²) in [5, 5.41) is 0. The van der Waals surface area contributed by atoms with Crippen molar-refractivity contribution >= 4 is 15.9 Å². The normalized spacial score (nSPS) is 21.2. The number of nitrogens with two attached hydrogens (primary N) is 1. The molecule has 1 atom stereocenters. The van der Waals surface area contributed by atoms with Crippen molar-refractivity contribution in [3.05, 3.63) is 34.1 Å². The molecule has 0 amide bonds. The van der Waals surface area contributed by atoms with Gasteiger partial charge in [0.25, 0.3) is 0 Å². The number of hydrogen-bond acceptors (Lipinski definition) is 2. The number of piperidine rings is 1. The van der Waals surface area contributed by atoms with Crippen molar-refractivity contribution in [2.24, 2.45) is 11.7 Å². The Balaban J connectivity index is 1.98. The van der Waals surface area contributed by atoms with Crippen LogP contribution in [0.1, 0.15) is 24.8 Å². The molecule has 0 bridgehead atoms. The fourth-order valence-electron chi connectivity index (χ4n) is 2.67. The van der Waals surface area contributed by atoms with Crippen LogP contribution in [-0.2, 0) is 6.54 Å². The molecule has 0 saturated carbocycles. The number of benzene rings is 1. The van der Waals surface area contributed by atoms with Crippen LogP contribution in [-0.4, -0.2) is 24.5 Å². The Labute approximate surface area is 116 Å². The van der Waals surface area contributed by atoms with Gasteiger partial charge in [0.2, 0.25) is 0 Å². The third kappa shape index (κ3) is 3.77. The molecule has 1 unspecified atom stereocenters. The first-order chi connectivity index (χ1) is 8.69. The van der Waals surface area contributed by atoms with E-state index in [0.29, 0.717) is 5.92 Å². The minimum Gasteiger partial charge on any atom is -0.330 e. The first-order valence-corrected chi connectivity index (χ1v) is 7.34. The second-order valence-electron chi connectivity index (χ2n) is 5.06. The van der Waals surface area contributed by atoms with Crippen LogP contribution in [0.3, 0.4) is 0 Å². The van der Waals surface area contributed by atoms with E-state index in [1.165, 1.54) is 18.9 Å². The van der Waals surface area contributed by atoms with Crippen molar-refractivity contribution in [2.75, 3.05) is 19.6 Å². The highest BCUT2D eigenvalue weighted by Gasteiger charge is 2.19. The lowest BCUT2D eigenvalue weighted by molar-refractivity contribution is 0.162. The van der Waals surface area contributed by atoms with Crippen molar-refractivity contribution in [1.82, 2.24) is 4.90 Å². The first-order valence-electron chi connectivity index (χ1n) is 6.55. The summed E-state index contributed by atoms with van der Waals surface area (Å²) in [6, 6.07) is 4.89. The van der Waals surface area contributed by atoms with Crippen LogP contribution in [0.2, 0.25) is 0 Å².